The zero-order valence-electron chi connectivity index (χ0n) is 7.49. The summed E-state index contributed by atoms with van der Waals surface area (Å²) in [7, 11) is 0. The van der Waals surface area contributed by atoms with Crippen molar-refractivity contribution in [3.05, 3.63) is 0 Å². The van der Waals surface area contributed by atoms with Gasteiger partial charge >= 0.3 is 0 Å². The molecule has 1 saturated carbocycles. The van der Waals surface area contributed by atoms with Gasteiger partial charge in [-0.05, 0) is 12.8 Å². The van der Waals surface area contributed by atoms with Gasteiger partial charge in [0.15, 0.2) is 11.7 Å². The lowest BCUT2D eigenvalue weighted by Gasteiger charge is -2.20. The molecule has 1 aliphatic carbocycles. The predicted octanol–water partition coefficient (Wildman–Crippen LogP) is 1.80. The van der Waals surface area contributed by atoms with E-state index in [-0.39, 0.29) is 11.7 Å². The Kier molecular flexibility index (Phi) is 3.46. The van der Waals surface area contributed by atoms with E-state index in [9.17, 15) is 4.79 Å². The second-order valence-electron chi connectivity index (χ2n) is 3.43. The van der Waals surface area contributed by atoms with Gasteiger partial charge in [0.1, 0.15) is 0 Å². The van der Waals surface area contributed by atoms with Crippen LogP contribution in [0.5, 0.6) is 0 Å². The highest BCUT2D eigenvalue weighted by Gasteiger charge is 2.27. The van der Waals surface area contributed by atoms with Gasteiger partial charge in [-0.25, -0.2) is 0 Å². The summed E-state index contributed by atoms with van der Waals surface area (Å²) < 4.78 is 0. The maximum absolute atomic E-state index is 11.5. The topological polar surface area (TPSA) is 64.7 Å². The molecule has 0 atom stereocenters. The first kappa shape index (κ1) is 9.74. The third-order valence-corrected chi connectivity index (χ3v) is 2.55. The van der Waals surface area contributed by atoms with Crippen molar-refractivity contribution in [1.29, 1.82) is 10.5 Å². The van der Waals surface area contributed by atoms with Crippen molar-refractivity contribution in [2.24, 2.45) is 11.8 Å². The van der Waals surface area contributed by atoms with Crippen LogP contribution in [0.1, 0.15) is 32.1 Å². The molecule has 68 valence electrons. The summed E-state index contributed by atoms with van der Waals surface area (Å²) in [4.78, 5) is 11.5. The van der Waals surface area contributed by atoms with Crippen LogP contribution < -0.4 is 0 Å². The van der Waals surface area contributed by atoms with E-state index < -0.39 is 5.92 Å². The van der Waals surface area contributed by atoms with Crippen LogP contribution in [0.4, 0.5) is 0 Å². The largest absolute Gasteiger partial charge is 0.297 e. The Labute approximate surface area is 78.0 Å². The van der Waals surface area contributed by atoms with E-state index in [1.54, 1.807) is 12.1 Å². The molecule has 0 heterocycles. The summed E-state index contributed by atoms with van der Waals surface area (Å²) >= 11 is 0. The summed E-state index contributed by atoms with van der Waals surface area (Å²) in [5, 5.41) is 17.1. The van der Waals surface area contributed by atoms with Crippen LogP contribution >= 0.6 is 0 Å². The van der Waals surface area contributed by atoms with Gasteiger partial charge in [-0.2, -0.15) is 10.5 Å². The smallest absolute Gasteiger partial charge is 0.191 e. The van der Waals surface area contributed by atoms with Crippen LogP contribution in [-0.2, 0) is 4.79 Å². The van der Waals surface area contributed by atoms with E-state index in [0.29, 0.717) is 0 Å². The standard InChI is InChI=1S/C10H12N2O/c11-6-9(7-12)10(13)8-4-2-1-3-5-8/h8-9H,1-5H2. The fraction of sp³-hybridized carbons (Fsp3) is 0.700. The minimum absolute atomic E-state index is 0.0296. The number of carbonyl (C=O) groups excluding carboxylic acids is 1. The molecule has 0 aromatic carbocycles. The number of carbonyl (C=O) groups is 1. The Hall–Kier alpha value is -1.35. The Morgan fingerprint density at radius 1 is 1.15 bits per heavy atom. The van der Waals surface area contributed by atoms with E-state index in [2.05, 4.69) is 0 Å². The average Bonchev–Trinajstić information content (AvgIpc) is 2.21. The van der Waals surface area contributed by atoms with Gasteiger partial charge in [-0.3, -0.25) is 4.79 Å². The minimum Gasteiger partial charge on any atom is -0.297 e. The summed E-state index contributed by atoms with van der Waals surface area (Å²) in [5.41, 5.74) is 0. The van der Waals surface area contributed by atoms with Gasteiger partial charge in [-0.1, -0.05) is 19.3 Å². The van der Waals surface area contributed by atoms with Crippen LogP contribution in [-0.4, -0.2) is 5.78 Å². The third kappa shape index (κ3) is 2.29. The predicted molar refractivity (Wildman–Crippen MR) is 46.3 cm³/mol. The molecule has 0 aromatic rings. The Morgan fingerprint density at radius 2 is 1.69 bits per heavy atom. The quantitative estimate of drug-likeness (QED) is 0.644. The van der Waals surface area contributed by atoms with Crippen LogP contribution in [0.2, 0.25) is 0 Å². The number of Topliss-reactive ketones (excluding diaryl/α,β-unsaturated/α-hetero) is 1. The van der Waals surface area contributed by atoms with Crippen molar-refractivity contribution >= 4 is 5.78 Å². The molecule has 1 fully saturated rings. The first-order valence-electron chi connectivity index (χ1n) is 4.62. The molecular formula is C10H12N2O. The van der Waals surface area contributed by atoms with E-state index in [0.717, 1.165) is 25.7 Å². The van der Waals surface area contributed by atoms with Gasteiger partial charge in [0, 0.05) is 5.92 Å². The normalized spacial score (nSPS) is 17.8. The summed E-state index contributed by atoms with van der Waals surface area (Å²) in [6.45, 7) is 0. The molecule has 0 aromatic heterocycles. The monoisotopic (exact) mass is 176 g/mol. The maximum Gasteiger partial charge on any atom is 0.191 e. The second kappa shape index (κ2) is 4.62. The lowest BCUT2D eigenvalue weighted by Crippen LogP contribution is -2.23. The first-order chi connectivity index (χ1) is 6.29. The fourth-order valence-electron chi connectivity index (χ4n) is 1.78. The van der Waals surface area contributed by atoms with E-state index >= 15 is 0 Å². The third-order valence-electron chi connectivity index (χ3n) is 2.55. The highest BCUT2D eigenvalue weighted by molar-refractivity contribution is 5.87. The minimum atomic E-state index is -1.04. The molecule has 0 radical (unpaired) electrons. The zero-order chi connectivity index (χ0) is 9.68. The highest BCUT2D eigenvalue weighted by Crippen LogP contribution is 2.26. The molecule has 0 unspecified atom stereocenters. The molecule has 0 bridgehead atoms. The van der Waals surface area contributed by atoms with Crippen LogP contribution in [0.25, 0.3) is 0 Å². The van der Waals surface area contributed by atoms with Gasteiger partial charge in [0.25, 0.3) is 0 Å². The van der Waals surface area contributed by atoms with Gasteiger partial charge in [0.05, 0.1) is 12.1 Å². The van der Waals surface area contributed by atoms with Crippen molar-refractivity contribution in [2.45, 2.75) is 32.1 Å². The van der Waals surface area contributed by atoms with Gasteiger partial charge < -0.3 is 0 Å². The Morgan fingerprint density at radius 3 is 2.15 bits per heavy atom. The molecule has 0 saturated heterocycles. The molecule has 0 N–H and O–H groups in total. The van der Waals surface area contributed by atoms with Crippen LogP contribution in [0.3, 0.4) is 0 Å². The Bertz CT molecular complexity index is 252. The number of rotatable bonds is 2. The molecule has 0 amide bonds. The van der Waals surface area contributed by atoms with Gasteiger partial charge in [0.2, 0.25) is 0 Å². The zero-order valence-corrected chi connectivity index (χ0v) is 7.49. The molecule has 1 rings (SSSR count). The molecule has 1 aliphatic rings. The van der Waals surface area contributed by atoms with Crippen molar-refractivity contribution in [1.82, 2.24) is 0 Å². The number of hydrogen-bond donors (Lipinski definition) is 0. The number of hydrogen-bond acceptors (Lipinski definition) is 3. The molecule has 13 heavy (non-hydrogen) atoms. The van der Waals surface area contributed by atoms with Crippen LogP contribution in [0.15, 0.2) is 0 Å². The number of nitrogens with zero attached hydrogens (tertiary/aromatic N) is 2. The van der Waals surface area contributed by atoms with Crippen LogP contribution in [0, 0.1) is 34.5 Å². The van der Waals surface area contributed by atoms with Gasteiger partial charge in [-0.15, -0.1) is 0 Å². The lowest BCUT2D eigenvalue weighted by molar-refractivity contribution is -0.124. The maximum atomic E-state index is 11.5. The van der Waals surface area contributed by atoms with Crippen molar-refractivity contribution in [3.63, 3.8) is 0 Å². The first-order valence-corrected chi connectivity index (χ1v) is 4.62. The molecule has 0 spiro atoms. The lowest BCUT2D eigenvalue weighted by atomic mass is 9.82. The highest BCUT2D eigenvalue weighted by atomic mass is 16.1. The molecule has 0 aliphatic heterocycles. The summed E-state index contributed by atoms with van der Waals surface area (Å²) in [5.74, 6) is -1.23. The average molecular weight is 176 g/mol. The molecular weight excluding hydrogens is 164 g/mol. The number of nitriles is 2. The summed E-state index contributed by atoms with van der Waals surface area (Å²) in [6, 6.07) is 3.48. The van der Waals surface area contributed by atoms with E-state index in [1.807, 2.05) is 0 Å². The van der Waals surface area contributed by atoms with E-state index in [1.165, 1.54) is 6.42 Å². The van der Waals surface area contributed by atoms with Crippen molar-refractivity contribution < 1.29 is 4.79 Å². The molecule has 3 heteroatoms. The Balaban J connectivity index is 2.56. The fourth-order valence-corrected chi connectivity index (χ4v) is 1.78. The van der Waals surface area contributed by atoms with Crippen molar-refractivity contribution in [2.75, 3.05) is 0 Å². The van der Waals surface area contributed by atoms with Crippen molar-refractivity contribution in [3.8, 4) is 12.1 Å². The summed E-state index contributed by atoms with van der Waals surface area (Å²) in [6.07, 6.45) is 5.00. The second-order valence-corrected chi connectivity index (χ2v) is 3.43. The number of ketones is 1. The van der Waals surface area contributed by atoms with E-state index in [4.69, 9.17) is 10.5 Å². The molecule has 3 nitrogen and oxygen atoms in total. The SMILES string of the molecule is N#CC(C#N)C(=O)C1CCCCC1.